The van der Waals surface area contributed by atoms with Crippen LogP contribution in [0.4, 0.5) is 0 Å². The minimum absolute atomic E-state index is 0.0380. The Morgan fingerprint density at radius 2 is 1.81 bits per heavy atom. The number of ether oxygens (including phenoxy) is 1. The van der Waals surface area contributed by atoms with Gasteiger partial charge in [0, 0.05) is 18.5 Å². The average Bonchev–Trinajstić information content (AvgIpc) is 2.62. The average molecular weight is 383 g/mol. The number of nitrogens with one attached hydrogen (secondary N) is 2. The van der Waals surface area contributed by atoms with E-state index in [9.17, 15) is 13.2 Å². The predicted octanol–water partition coefficient (Wildman–Crippen LogP) is 2.21. The van der Waals surface area contributed by atoms with E-state index >= 15 is 0 Å². The number of rotatable bonds is 9. The second-order valence-electron chi connectivity index (χ2n) is 7.09. The molecule has 1 aliphatic rings. The monoisotopic (exact) mass is 382 g/mol. The van der Waals surface area contributed by atoms with Gasteiger partial charge in [-0.2, -0.15) is 0 Å². The van der Waals surface area contributed by atoms with Crippen molar-refractivity contribution in [3.63, 3.8) is 0 Å². The van der Waals surface area contributed by atoms with Crippen molar-refractivity contribution in [1.29, 1.82) is 0 Å². The Kier molecular flexibility index (Phi) is 8.06. The minimum Gasteiger partial charge on any atom is -0.375 e. The summed E-state index contributed by atoms with van der Waals surface area (Å²) in [5, 5.41) is 2.49. The molecule has 1 saturated carbocycles. The Morgan fingerprint density at radius 1 is 1.15 bits per heavy atom. The van der Waals surface area contributed by atoms with E-state index in [1.165, 1.54) is 0 Å². The molecule has 7 heteroatoms. The first-order valence-electron chi connectivity index (χ1n) is 9.29. The normalized spacial score (nSPS) is 20.9. The molecule has 0 unspecified atom stereocenters. The van der Waals surface area contributed by atoms with E-state index in [2.05, 4.69) is 10.0 Å². The molecule has 0 radical (unpaired) electrons. The Hall–Kier alpha value is -1.44. The molecular weight excluding hydrogens is 352 g/mol. The molecule has 0 heterocycles. The van der Waals surface area contributed by atoms with E-state index in [0.717, 1.165) is 5.56 Å². The summed E-state index contributed by atoms with van der Waals surface area (Å²) in [6.45, 7) is 4.84. The maximum absolute atomic E-state index is 12.2. The van der Waals surface area contributed by atoms with Crippen molar-refractivity contribution in [3.8, 4) is 0 Å². The molecule has 0 spiro atoms. The molecule has 0 aliphatic heterocycles. The molecule has 0 aromatic heterocycles. The summed E-state index contributed by atoms with van der Waals surface area (Å²) in [7, 11) is -3.25. The van der Waals surface area contributed by atoms with Crippen molar-refractivity contribution in [1.82, 2.24) is 10.0 Å². The maximum atomic E-state index is 12.2. The van der Waals surface area contributed by atoms with E-state index in [1.54, 1.807) is 13.8 Å². The largest absolute Gasteiger partial charge is 0.375 e. The van der Waals surface area contributed by atoms with Crippen LogP contribution in [-0.2, 0) is 26.2 Å². The Morgan fingerprint density at radius 3 is 2.42 bits per heavy atom. The standard InChI is InChI=1S/C19H30N2O4S/c1-15(2)26(23,24)21-18-10-8-17(9-11-18)19(22)20-12-13-25-14-16-6-4-3-5-7-16/h3-7,15,17-18,21H,8-14H2,1-2H3,(H,20,22). The zero-order valence-electron chi connectivity index (χ0n) is 15.6. The van der Waals surface area contributed by atoms with E-state index in [0.29, 0.717) is 45.4 Å². The quantitative estimate of drug-likeness (QED) is 0.641. The van der Waals surface area contributed by atoms with Gasteiger partial charge in [0.2, 0.25) is 15.9 Å². The smallest absolute Gasteiger partial charge is 0.223 e. The fourth-order valence-corrected chi connectivity index (χ4v) is 3.97. The van der Waals surface area contributed by atoms with Crippen molar-refractivity contribution in [2.75, 3.05) is 13.2 Å². The van der Waals surface area contributed by atoms with Crippen LogP contribution in [0, 0.1) is 5.92 Å². The van der Waals surface area contributed by atoms with Gasteiger partial charge in [-0.1, -0.05) is 30.3 Å². The van der Waals surface area contributed by atoms with Crippen LogP contribution in [0.25, 0.3) is 0 Å². The zero-order chi connectivity index (χ0) is 19.0. The lowest BCUT2D eigenvalue weighted by atomic mass is 9.86. The lowest BCUT2D eigenvalue weighted by molar-refractivity contribution is -0.126. The van der Waals surface area contributed by atoms with Crippen LogP contribution >= 0.6 is 0 Å². The number of hydrogen-bond donors (Lipinski definition) is 2. The number of hydrogen-bond acceptors (Lipinski definition) is 4. The van der Waals surface area contributed by atoms with Gasteiger partial charge in [-0.25, -0.2) is 13.1 Å². The molecule has 0 bridgehead atoms. The highest BCUT2D eigenvalue weighted by Gasteiger charge is 2.29. The Bertz CT molecular complexity index is 653. The summed E-state index contributed by atoms with van der Waals surface area (Å²) in [6.07, 6.45) is 2.83. The highest BCUT2D eigenvalue weighted by Crippen LogP contribution is 2.25. The van der Waals surface area contributed by atoms with Gasteiger partial charge in [0.05, 0.1) is 18.5 Å². The predicted molar refractivity (Wildman–Crippen MR) is 102 cm³/mol. The van der Waals surface area contributed by atoms with Crippen LogP contribution in [-0.4, -0.2) is 38.8 Å². The molecule has 0 atom stereocenters. The molecule has 1 aliphatic carbocycles. The summed E-state index contributed by atoms with van der Waals surface area (Å²) in [5.74, 6) is 0.00223. The molecule has 1 amide bonds. The SMILES string of the molecule is CC(C)S(=O)(=O)NC1CCC(C(=O)NCCOCc2ccccc2)CC1. The second kappa shape index (κ2) is 10.0. The highest BCUT2D eigenvalue weighted by atomic mass is 32.2. The van der Waals surface area contributed by atoms with Crippen LogP contribution in [0.2, 0.25) is 0 Å². The van der Waals surface area contributed by atoms with Gasteiger partial charge in [-0.3, -0.25) is 4.79 Å². The van der Waals surface area contributed by atoms with Gasteiger partial charge in [-0.15, -0.1) is 0 Å². The molecule has 1 fully saturated rings. The first kappa shape index (κ1) is 20.9. The molecule has 1 aromatic carbocycles. The van der Waals surface area contributed by atoms with Crippen molar-refractivity contribution in [2.45, 2.75) is 57.4 Å². The van der Waals surface area contributed by atoms with Gasteiger partial charge in [0.25, 0.3) is 0 Å². The number of amides is 1. The van der Waals surface area contributed by atoms with Gasteiger partial charge in [0.1, 0.15) is 0 Å². The number of benzene rings is 1. The van der Waals surface area contributed by atoms with Crippen molar-refractivity contribution >= 4 is 15.9 Å². The van der Waals surface area contributed by atoms with Crippen LogP contribution in [0.3, 0.4) is 0 Å². The number of sulfonamides is 1. The highest BCUT2D eigenvalue weighted by molar-refractivity contribution is 7.90. The first-order chi connectivity index (χ1) is 12.4. The van der Waals surface area contributed by atoms with Gasteiger partial charge < -0.3 is 10.1 Å². The summed E-state index contributed by atoms with van der Waals surface area (Å²) in [5.41, 5.74) is 1.11. The first-order valence-corrected chi connectivity index (χ1v) is 10.8. The molecule has 6 nitrogen and oxygen atoms in total. The molecule has 0 saturated heterocycles. The summed E-state index contributed by atoms with van der Waals surface area (Å²) in [6, 6.07) is 9.86. The van der Waals surface area contributed by atoms with E-state index in [4.69, 9.17) is 4.74 Å². The van der Waals surface area contributed by atoms with Gasteiger partial charge >= 0.3 is 0 Å². The Labute approximate surface area is 156 Å². The molecule has 1 aromatic rings. The summed E-state index contributed by atoms with van der Waals surface area (Å²) >= 11 is 0. The summed E-state index contributed by atoms with van der Waals surface area (Å²) < 4.78 is 32.1. The minimum atomic E-state index is -3.25. The van der Waals surface area contributed by atoms with Crippen LogP contribution in [0.15, 0.2) is 30.3 Å². The topological polar surface area (TPSA) is 84.5 Å². The number of carbonyl (C=O) groups is 1. The fraction of sp³-hybridized carbons (Fsp3) is 0.632. The zero-order valence-corrected chi connectivity index (χ0v) is 16.4. The second-order valence-corrected chi connectivity index (χ2v) is 9.36. The van der Waals surface area contributed by atoms with E-state index < -0.39 is 15.3 Å². The lowest BCUT2D eigenvalue weighted by Crippen LogP contribution is -2.43. The molecule has 26 heavy (non-hydrogen) atoms. The van der Waals surface area contributed by atoms with Gasteiger partial charge in [-0.05, 0) is 45.1 Å². The van der Waals surface area contributed by atoms with Gasteiger partial charge in [0.15, 0.2) is 0 Å². The third kappa shape index (κ3) is 6.70. The number of carbonyl (C=O) groups excluding carboxylic acids is 1. The molecular formula is C19H30N2O4S. The van der Waals surface area contributed by atoms with Crippen LogP contribution < -0.4 is 10.0 Å². The molecule has 2 N–H and O–H groups in total. The lowest BCUT2D eigenvalue weighted by Gasteiger charge is -2.28. The fourth-order valence-electron chi connectivity index (χ4n) is 3.00. The van der Waals surface area contributed by atoms with Crippen molar-refractivity contribution in [3.05, 3.63) is 35.9 Å². The third-order valence-electron chi connectivity index (χ3n) is 4.71. The van der Waals surface area contributed by atoms with Crippen molar-refractivity contribution in [2.24, 2.45) is 5.92 Å². The van der Waals surface area contributed by atoms with Crippen LogP contribution in [0.5, 0.6) is 0 Å². The third-order valence-corrected chi connectivity index (χ3v) is 6.61. The molecule has 2 rings (SSSR count). The van der Waals surface area contributed by atoms with E-state index in [-0.39, 0.29) is 17.9 Å². The summed E-state index contributed by atoms with van der Waals surface area (Å²) in [4.78, 5) is 12.2. The molecule has 146 valence electrons. The maximum Gasteiger partial charge on any atom is 0.223 e. The van der Waals surface area contributed by atoms with E-state index in [1.807, 2.05) is 30.3 Å². The van der Waals surface area contributed by atoms with Crippen LogP contribution in [0.1, 0.15) is 45.1 Å². The Balaban J connectivity index is 1.61. The van der Waals surface area contributed by atoms with Crippen molar-refractivity contribution < 1.29 is 17.9 Å².